The number of nitrogens with one attached hydrogen (secondary N) is 1. The summed E-state index contributed by atoms with van der Waals surface area (Å²) in [5.41, 5.74) is 3.44. The van der Waals surface area contributed by atoms with Gasteiger partial charge in [-0.05, 0) is 55.0 Å². The zero-order chi connectivity index (χ0) is 20.6. The number of aryl methyl sites for hydroxylation is 1. The zero-order valence-electron chi connectivity index (χ0n) is 16.9. The average Bonchev–Trinajstić information content (AvgIpc) is 2.70. The maximum absolute atomic E-state index is 13.2. The van der Waals surface area contributed by atoms with Crippen molar-refractivity contribution in [3.8, 4) is 11.3 Å². The molecule has 0 aliphatic heterocycles. The lowest BCUT2D eigenvalue weighted by atomic mass is 10.1. The second kappa shape index (κ2) is 9.92. The topological polar surface area (TPSA) is 54.9 Å². The van der Waals surface area contributed by atoms with Crippen LogP contribution in [0.2, 0.25) is 0 Å². The van der Waals surface area contributed by atoms with Crippen molar-refractivity contribution in [3.63, 3.8) is 0 Å². The van der Waals surface area contributed by atoms with Gasteiger partial charge in [-0.2, -0.15) is 0 Å². The minimum absolute atomic E-state index is 0.0604. The van der Waals surface area contributed by atoms with E-state index in [1.165, 1.54) is 17.7 Å². The third kappa shape index (κ3) is 6.21. The van der Waals surface area contributed by atoms with Crippen molar-refractivity contribution in [2.45, 2.75) is 39.5 Å². The van der Waals surface area contributed by atoms with Crippen molar-refractivity contribution in [1.82, 2.24) is 9.97 Å². The van der Waals surface area contributed by atoms with Crippen molar-refractivity contribution in [2.75, 3.05) is 5.32 Å². The molecule has 1 amide bonds. The second-order valence-electron chi connectivity index (χ2n) is 7.54. The van der Waals surface area contributed by atoms with E-state index in [0.29, 0.717) is 30.3 Å². The third-order valence-electron chi connectivity index (χ3n) is 4.56. The van der Waals surface area contributed by atoms with Crippen LogP contribution in [0.3, 0.4) is 0 Å². The van der Waals surface area contributed by atoms with Crippen LogP contribution in [0.1, 0.15) is 37.9 Å². The molecule has 3 rings (SSSR count). The van der Waals surface area contributed by atoms with Gasteiger partial charge in [-0.25, -0.2) is 14.4 Å². The van der Waals surface area contributed by atoms with Gasteiger partial charge >= 0.3 is 0 Å². The molecule has 1 aromatic heterocycles. The first-order valence-electron chi connectivity index (χ1n) is 9.97. The number of carbonyl (C=O) groups is 1. The molecule has 0 fully saturated rings. The maximum atomic E-state index is 13.2. The fourth-order valence-electron chi connectivity index (χ4n) is 3.11. The molecule has 4 nitrogen and oxygen atoms in total. The van der Waals surface area contributed by atoms with E-state index in [1.54, 1.807) is 18.3 Å². The summed E-state index contributed by atoms with van der Waals surface area (Å²) in [6.45, 7) is 4.19. The highest BCUT2D eigenvalue weighted by molar-refractivity contribution is 5.90. The Morgan fingerprint density at radius 2 is 1.79 bits per heavy atom. The molecule has 1 N–H and O–H groups in total. The SMILES string of the molecule is CC(C)Cc1nc(-c2ccc(F)cc2)cnc1NC(=O)CCCc1ccccc1. The van der Waals surface area contributed by atoms with Gasteiger partial charge in [0.15, 0.2) is 5.82 Å². The smallest absolute Gasteiger partial charge is 0.225 e. The number of amides is 1. The average molecular weight is 391 g/mol. The van der Waals surface area contributed by atoms with E-state index in [-0.39, 0.29) is 11.7 Å². The van der Waals surface area contributed by atoms with Gasteiger partial charge < -0.3 is 5.32 Å². The van der Waals surface area contributed by atoms with Crippen LogP contribution in [0.15, 0.2) is 60.8 Å². The molecule has 0 saturated carbocycles. The molecule has 0 radical (unpaired) electrons. The van der Waals surface area contributed by atoms with Gasteiger partial charge in [-0.15, -0.1) is 0 Å². The summed E-state index contributed by atoms with van der Waals surface area (Å²) in [6.07, 6.45) is 4.38. The maximum Gasteiger partial charge on any atom is 0.225 e. The lowest BCUT2D eigenvalue weighted by Gasteiger charge is -2.13. The molecular formula is C24H26FN3O. The van der Waals surface area contributed by atoms with Crippen LogP contribution in [0, 0.1) is 11.7 Å². The van der Waals surface area contributed by atoms with Gasteiger partial charge in [0.05, 0.1) is 17.6 Å². The summed E-state index contributed by atoms with van der Waals surface area (Å²) >= 11 is 0. The van der Waals surface area contributed by atoms with Crippen LogP contribution in [0.5, 0.6) is 0 Å². The number of benzene rings is 2. The van der Waals surface area contributed by atoms with E-state index in [0.717, 1.165) is 24.1 Å². The van der Waals surface area contributed by atoms with Gasteiger partial charge in [-0.1, -0.05) is 44.2 Å². The molecule has 29 heavy (non-hydrogen) atoms. The Labute approximate surface area is 171 Å². The summed E-state index contributed by atoms with van der Waals surface area (Å²) in [5, 5.41) is 2.92. The number of halogens is 1. The predicted octanol–water partition coefficient (Wildman–Crippen LogP) is 5.44. The molecule has 0 bridgehead atoms. The molecule has 2 aromatic carbocycles. The zero-order valence-corrected chi connectivity index (χ0v) is 16.9. The third-order valence-corrected chi connectivity index (χ3v) is 4.56. The summed E-state index contributed by atoms with van der Waals surface area (Å²) in [7, 11) is 0. The van der Waals surface area contributed by atoms with Crippen LogP contribution in [-0.4, -0.2) is 15.9 Å². The quantitative estimate of drug-likeness (QED) is 0.556. The summed E-state index contributed by atoms with van der Waals surface area (Å²) in [4.78, 5) is 21.6. The second-order valence-corrected chi connectivity index (χ2v) is 7.54. The van der Waals surface area contributed by atoms with Gasteiger partial charge in [0.2, 0.25) is 5.91 Å². The van der Waals surface area contributed by atoms with Crippen molar-refractivity contribution >= 4 is 11.7 Å². The predicted molar refractivity (Wildman–Crippen MR) is 114 cm³/mol. The molecule has 0 saturated heterocycles. The molecule has 0 spiro atoms. The van der Waals surface area contributed by atoms with Crippen LogP contribution >= 0.6 is 0 Å². The van der Waals surface area contributed by atoms with Crippen LogP contribution in [0.4, 0.5) is 10.2 Å². The Bertz CT molecular complexity index is 940. The molecular weight excluding hydrogens is 365 g/mol. The van der Waals surface area contributed by atoms with Crippen molar-refractivity contribution in [3.05, 3.63) is 77.9 Å². The lowest BCUT2D eigenvalue weighted by Crippen LogP contribution is -2.16. The van der Waals surface area contributed by atoms with Crippen LogP contribution < -0.4 is 5.32 Å². The normalized spacial score (nSPS) is 10.9. The minimum atomic E-state index is -0.288. The highest BCUT2D eigenvalue weighted by atomic mass is 19.1. The van der Waals surface area contributed by atoms with Gasteiger partial charge in [-0.3, -0.25) is 4.79 Å². The Morgan fingerprint density at radius 3 is 2.48 bits per heavy atom. The molecule has 5 heteroatoms. The van der Waals surface area contributed by atoms with Gasteiger partial charge in [0, 0.05) is 12.0 Å². The molecule has 150 valence electrons. The molecule has 3 aromatic rings. The summed E-state index contributed by atoms with van der Waals surface area (Å²) < 4.78 is 13.2. The Hall–Kier alpha value is -3.08. The first-order valence-corrected chi connectivity index (χ1v) is 9.97. The van der Waals surface area contributed by atoms with Crippen LogP contribution in [0.25, 0.3) is 11.3 Å². The molecule has 0 atom stereocenters. The number of rotatable bonds is 8. The Morgan fingerprint density at radius 1 is 1.07 bits per heavy atom. The monoisotopic (exact) mass is 391 g/mol. The molecule has 0 aliphatic carbocycles. The Balaban J connectivity index is 1.68. The van der Waals surface area contributed by atoms with E-state index in [2.05, 4.69) is 36.3 Å². The molecule has 0 unspecified atom stereocenters. The summed E-state index contributed by atoms with van der Waals surface area (Å²) in [5.74, 6) is 0.522. The molecule has 1 heterocycles. The highest BCUT2D eigenvalue weighted by Crippen LogP contribution is 2.22. The standard InChI is InChI=1S/C24H26FN3O/c1-17(2)15-21-24(26-16-22(27-21)19-11-13-20(25)14-12-19)28-23(29)10-6-9-18-7-4-3-5-8-18/h3-5,7-8,11-14,16-17H,6,9-10,15H2,1-2H3,(H,26,28,29). The number of hydrogen-bond donors (Lipinski definition) is 1. The first-order chi connectivity index (χ1) is 14.0. The fourth-order valence-corrected chi connectivity index (χ4v) is 3.11. The largest absolute Gasteiger partial charge is 0.309 e. The number of hydrogen-bond acceptors (Lipinski definition) is 3. The lowest BCUT2D eigenvalue weighted by molar-refractivity contribution is -0.116. The Kier molecular flexibility index (Phi) is 7.06. The highest BCUT2D eigenvalue weighted by Gasteiger charge is 2.13. The van der Waals surface area contributed by atoms with Crippen LogP contribution in [-0.2, 0) is 17.6 Å². The minimum Gasteiger partial charge on any atom is -0.309 e. The van der Waals surface area contributed by atoms with E-state index in [9.17, 15) is 9.18 Å². The summed E-state index contributed by atoms with van der Waals surface area (Å²) in [6, 6.07) is 16.3. The van der Waals surface area contributed by atoms with Crippen molar-refractivity contribution in [1.29, 1.82) is 0 Å². The van der Waals surface area contributed by atoms with E-state index in [4.69, 9.17) is 4.98 Å². The van der Waals surface area contributed by atoms with Crippen molar-refractivity contribution in [2.24, 2.45) is 5.92 Å². The van der Waals surface area contributed by atoms with Gasteiger partial charge in [0.25, 0.3) is 0 Å². The van der Waals surface area contributed by atoms with Crippen molar-refractivity contribution < 1.29 is 9.18 Å². The fraction of sp³-hybridized carbons (Fsp3) is 0.292. The van der Waals surface area contributed by atoms with E-state index in [1.807, 2.05) is 18.2 Å². The number of carbonyl (C=O) groups excluding carboxylic acids is 1. The van der Waals surface area contributed by atoms with E-state index < -0.39 is 0 Å². The first kappa shape index (κ1) is 20.6. The number of aromatic nitrogens is 2. The van der Waals surface area contributed by atoms with E-state index >= 15 is 0 Å². The van der Waals surface area contributed by atoms with Gasteiger partial charge in [0.1, 0.15) is 5.82 Å². The number of nitrogens with zero attached hydrogens (tertiary/aromatic N) is 2. The molecule has 0 aliphatic rings. The number of anilines is 1.